The predicted molar refractivity (Wildman–Crippen MR) is 102 cm³/mol. The number of rotatable bonds is 7. The highest BCUT2D eigenvalue weighted by molar-refractivity contribution is 6.02. The van der Waals surface area contributed by atoms with E-state index in [1.54, 1.807) is 36.4 Å². The van der Waals surface area contributed by atoms with E-state index in [9.17, 15) is 23.2 Å². The molecule has 3 aromatic rings. The van der Waals surface area contributed by atoms with E-state index >= 15 is 0 Å². The van der Waals surface area contributed by atoms with E-state index in [1.165, 1.54) is 24.1 Å². The zero-order valence-corrected chi connectivity index (χ0v) is 15.8. The number of carbonyl (C=O) groups excluding carboxylic acids is 2. The fraction of sp³-hybridized carbons (Fsp3) is 0.200. The third-order valence-electron chi connectivity index (χ3n) is 4.21. The van der Waals surface area contributed by atoms with E-state index in [2.05, 4.69) is 14.9 Å². The second-order valence-corrected chi connectivity index (χ2v) is 6.30. The van der Waals surface area contributed by atoms with Gasteiger partial charge in [-0.3, -0.25) is 9.59 Å². The molecular weight excluding hydrogens is 400 g/mol. The Balaban J connectivity index is 1.59. The van der Waals surface area contributed by atoms with Crippen LogP contribution < -0.4 is 10.3 Å². The fourth-order valence-corrected chi connectivity index (χ4v) is 2.71. The zero-order valence-electron chi connectivity index (χ0n) is 15.8. The lowest BCUT2D eigenvalue weighted by atomic mass is 10.1. The van der Waals surface area contributed by atoms with Gasteiger partial charge in [0.2, 0.25) is 0 Å². The molecule has 0 atom stereocenters. The number of nitrogens with one attached hydrogen (secondary N) is 1. The highest BCUT2D eigenvalue weighted by Crippen LogP contribution is 2.16. The van der Waals surface area contributed by atoms with E-state index in [4.69, 9.17) is 4.74 Å². The number of carbonyl (C=O) groups is 2. The fourth-order valence-electron chi connectivity index (χ4n) is 2.71. The van der Waals surface area contributed by atoms with Crippen molar-refractivity contribution >= 4 is 22.6 Å². The summed E-state index contributed by atoms with van der Waals surface area (Å²) in [4.78, 5) is 37.7. The van der Waals surface area contributed by atoms with Gasteiger partial charge in [0.05, 0.1) is 5.39 Å². The van der Waals surface area contributed by atoms with Crippen molar-refractivity contribution < 1.29 is 27.8 Å². The molecule has 0 fully saturated rings. The zero-order chi connectivity index (χ0) is 21.7. The Morgan fingerprint density at radius 2 is 1.77 bits per heavy atom. The molecule has 3 rings (SSSR count). The normalized spacial score (nSPS) is 10.8. The number of amides is 1. The van der Waals surface area contributed by atoms with Crippen LogP contribution in [0.25, 0.3) is 10.8 Å². The molecule has 0 aliphatic rings. The van der Waals surface area contributed by atoms with Gasteiger partial charge in [0.15, 0.2) is 12.3 Å². The van der Waals surface area contributed by atoms with Crippen LogP contribution in [0, 0.1) is 0 Å². The van der Waals surface area contributed by atoms with Crippen LogP contribution in [0.5, 0.6) is 5.75 Å². The van der Waals surface area contributed by atoms with Crippen molar-refractivity contribution in [2.75, 3.05) is 13.7 Å². The molecule has 1 aromatic heterocycles. The van der Waals surface area contributed by atoms with Crippen LogP contribution in [0.15, 0.2) is 53.3 Å². The second-order valence-electron chi connectivity index (χ2n) is 6.30. The summed E-state index contributed by atoms with van der Waals surface area (Å²) >= 11 is 0. The number of hydrogen-bond donors (Lipinski definition) is 1. The summed E-state index contributed by atoms with van der Waals surface area (Å²) in [5, 5.41) is 6.55. The number of halogens is 2. The molecule has 0 bridgehead atoms. The molecule has 8 nitrogen and oxygen atoms in total. The van der Waals surface area contributed by atoms with Crippen LogP contribution in [-0.2, 0) is 16.1 Å². The van der Waals surface area contributed by atoms with E-state index in [0.29, 0.717) is 10.9 Å². The molecule has 1 heterocycles. The standard InChI is InChI=1S/C20H17F2N3O5/c1-25(10-12-6-8-13(9-7-12)30-20(21)22)16(26)11-29-19(28)17-14-4-2-3-5-15(14)18(27)24-23-17/h2-9,20H,10-11H2,1H3,(H,24,27). The minimum atomic E-state index is -2.91. The summed E-state index contributed by atoms with van der Waals surface area (Å²) in [5.41, 5.74) is 0.130. The predicted octanol–water partition coefficient (Wildman–Crippen LogP) is 2.34. The minimum absolute atomic E-state index is 0.0114. The average molecular weight is 417 g/mol. The van der Waals surface area contributed by atoms with Crippen molar-refractivity contribution in [1.82, 2.24) is 15.1 Å². The molecule has 0 unspecified atom stereocenters. The van der Waals surface area contributed by atoms with Crippen LogP contribution in [0.4, 0.5) is 8.78 Å². The van der Waals surface area contributed by atoms with Crippen molar-refractivity contribution in [3.63, 3.8) is 0 Å². The number of ether oxygens (including phenoxy) is 2. The van der Waals surface area contributed by atoms with Gasteiger partial charge < -0.3 is 14.4 Å². The Kier molecular flexibility index (Phi) is 6.35. The number of H-pyrrole nitrogens is 1. The second kappa shape index (κ2) is 9.12. The first kappa shape index (κ1) is 20.9. The van der Waals surface area contributed by atoms with Crippen molar-refractivity contribution in [3.8, 4) is 5.75 Å². The van der Waals surface area contributed by atoms with Crippen molar-refractivity contribution in [3.05, 3.63) is 70.1 Å². The lowest BCUT2D eigenvalue weighted by Gasteiger charge is -2.17. The molecule has 1 amide bonds. The number of aromatic nitrogens is 2. The molecule has 0 aliphatic carbocycles. The molecule has 0 radical (unpaired) electrons. The smallest absolute Gasteiger partial charge is 0.387 e. The van der Waals surface area contributed by atoms with E-state index in [0.717, 1.165) is 0 Å². The average Bonchev–Trinajstić information content (AvgIpc) is 2.73. The summed E-state index contributed by atoms with van der Waals surface area (Å²) in [7, 11) is 1.51. The Bertz CT molecular complexity index is 1120. The van der Waals surface area contributed by atoms with Gasteiger partial charge >= 0.3 is 12.6 Å². The lowest BCUT2D eigenvalue weighted by Crippen LogP contribution is -2.31. The molecule has 1 N–H and O–H groups in total. The van der Waals surface area contributed by atoms with Gasteiger partial charge in [0.25, 0.3) is 11.5 Å². The first-order valence-electron chi connectivity index (χ1n) is 8.77. The highest BCUT2D eigenvalue weighted by Gasteiger charge is 2.18. The van der Waals surface area contributed by atoms with E-state index < -0.39 is 30.7 Å². The topological polar surface area (TPSA) is 102 Å². The van der Waals surface area contributed by atoms with Crippen molar-refractivity contribution in [2.45, 2.75) is 13.2 Å². The van der Waals surface area contributed by atoms with Crippen LogP contribution in [0.2, 0.25) is 0 Å². The minimum Gasteiger partial charge on any atom is -0.451 e. The largest absolute Gasteiger partial charge is 0.451 e. The maximum absolute atomic E-state index is 12.3. The Hall–Kier alpha value is -3.82. The number of fused-ring (bicyclic) bond motifs is 1. The number of alkyl halides is 2. The first-order chi connectivity index (χ1) is 14.3. The molecule has 156 valence electrons. The van der Waals surface area contributed by atoms with Crippen LogP contribution in [-0.4, -0.2) is 47.2 Å². The van der Waals surface area contributed by atoms with Crippen LogP contribution in [0.1, 0.15) is 16.1 Å². The number of likely N-dealkylation sites (N-methyl/N-ethyl adjacent to an activating group) is 1. The summed E-state index contributed by atoms with van der Waals surface area (Å²) in [6.07, 6.45) is 0. The highest BCUT2D eigenvalue weighted by atomic mass is 19.3. The summed E-state index contributed by atoms with van der Waals surface area (Å²) in [6.45, 7) is -3.27. The molecule has 2 aromatic carbocycles. The van der Waals surface area contributed by atoms with Crippen LogP contribution >= 0.6 is 0 Å². The van der Waals surface area contributed by atoms with Gasteiger partial charge in [-0.05, 0) is 23.8 Å². The van der Waals surface area contributed by atoms with Gasteiger partial charge in [0, 0.05) is 19.0 Å². The van der Waals surface area contributed by atoms with E-state index in [-0.39, 0.29) is 23.4 Å². The Morgan fingerprint density at radius 1 is 1.10 bits per heavy atom. The molecule has 0 saturated heterocycles. The molecule has 0 spiro atoms. The molecular formula is C20H17F2N3O5. The number of nitrogens with zero attached hydrogens (tertiary/aromatic N) is 2. The third kappa shape index (κ3) is 4.96. The molecule has 30 heavy (non-hydrogen) atoms. The molecule has 0 aliphatic heterocycles. The Labute approximate surface area is 169 Å². The summed E-state index contributed by atoms with van der Waals surface area (Å²) in [5.74, 6) is -1.32. The van der Waals surface area contributed by atoms with Gasteiger partial charge in [0.1, 0.15) is 5.75 Å². The number of esters is 1. The number of benzene rings is 2. The maximum Gasteiger partial charge on any atom is 0.387 e. The quantitative estimate of drug-likeness (QED) is 0.592. The molecule has 0 saturated carbocycles. The number of aromatic amines is 1. The Morgan fingerprint density at radius 3 is 2.43 bits per heavy atom. The first-order valence-corrected chi connectivity index (χ1v) is 8.77. The van der Waals surface area contributed by atoms with Gasteiger partial charge in [-0.15, -0.1) is 0 Å². The monoisotopic (exact) mass is 417 g/mol. The summed E-state index contributed by atoms with van der Waals surface area (Å²) in [6, 6.07) is 12.2. The third-order valence-corrected chi connectivity index (χ3v) is 4.21. The molecule has 10 heteroatoms. The van der Waals surface area contributed by atoms with Gasteiger partial charge in [-0.2, -0.15) is 13.9 Å². The van der Waals surface area contributed by atoms with Crippen molar-refractivity contribution in [2.24, 2.45) is 0 Å². The van der Waals surface area contributed by atoms with Crippen molar-refractivity contribution in [1.29, 1.82) is 0 Å². The van der Waals surface area contributed by atoms with Crippen LogP contribution in [0.3, 0.4) is 0 Å². The number of hydrogen-bond acceptors (Lipinski definition) is 6. The van der Waals surface area contributed by atoms with E-state index in [1.807, 2.05) is 0 Å². The summed E-state index contributed by atoms with van der Waals surface area (Å²) < 4.78 is 33.7. The maximum atomic E-state index is 12.3. The van der Waals surface area contributed by atoms with Gasteiger partial charge in [-0.1, -0.05) is 30.3 Å². The SMILES string of the molecule is CN(Cc1ccc(OC(F)F)cc1)C(=O)COC(=O)c1n[nH]c(=O)c2ccccc12. The van der Waals surface area contributed by atoms with Gasteiger partial charge in [-0.25, -0.2) is 9.89 Å². The lowest BCUT2D eigenvalue weighted by molar-refractivity contribution is -0.133.